The quantitative estimate of drug-likeness (QED) is 0.439. The Balaban J connectivity index is 1.69. The summed E-state index contributed by atoms with van der Waals surface area (Å²) in [5.41, 5.74) is 1.27. The van der Waals surface area contributed by atoms with Gasteiger partial charge in [-0.25, -0.2) is 8.42 Å². The molecule has 3 rings (SSSR count). The van der Waals surface area contributed by atoms with Gasteiger partial charge in [0.2, 0.25) is 5.91 Å². The van der Waals surface area contributed by atoms with Gasteiger partial charge in [-0.3, -0.25) is 9.10 Å². The van der Waals surface area contributed by atoms with Gasteiger partial charge in [0, 0.05) is 10.0 Å². The molecule has 0 unspecified atom stereocenters. The van der Waals surface area contributed by atoms with Gasteiger partial charge in [-0.2, -0.15) is 0 Å². The van der Waals surface area contributed by atoms with E-state index in [1.807, 2.05) is 6.92 Å². The number of benzene rings is 3. The summed E-state index contributed by atoms with van der Waals surface area (Å²) in [6.07, 6.45) is 0. The highest BCUT2D eigenvalue weighted by Crippen LogP contribution is 2.25. The SMILES string of the molecule is Cc1ccc(S(=O)(=O)N(CC(=O)NCCOc2ccc(Cl)cc2)c2ccc(Cl)cc2)cc1. The first-order chi connectivity index (χ1) is 15.3. The standard InChI is InChI=1S/C23H22Cl2N2O4S/c1-17-2-12-22(13-3-17)32(29,30)27(20-8-4-18(24)5-9-20)16-23(28)26-14-15-31-21-10-6-19(25)7-11-21/h2-13H,14-16H2,1H3,(H,26,28). The summed E-state index contributed by atoms with van der Waals surface area (Å²) in [5, 5.41) is 3.75. The van der Waals surface area contributed by atoms with Gasteiger partial charge < -0.3 is 10.1 Å². The second-order valence-electron chi connectivity index (χ2n) is 6.95. The minimum absolute atomic E-state index is 0.0944. The number of halogens is 2. The molecular formula is C23H22Cl2N2O4S. The van der Waals surface area contributed by atoms with Gasteiger partial charge in [0.1, 0.15) is 18.9 Å². The molecule has 0 aliphatic rings. The highest BCUT2D eigenvalue weighted by molar-refractivity contribution is 7.92. The number of aryl methyl sites for hydroxylation is 1. The molecule has 0 fully saturated rings. The Labute approximate surface area is 197 Å². The van der Waals surface area contributed by atoms with E-state index in [2.05, 4.69) is 5.32 Å². The molecule has 0 atom stereocenters. The Hall–Kier alpha value is -2.74. The van der Waals surface area contributed by atoms with Crippen molar-refractivity contribution in [3.8, 4) is 5.75 Å². The zero-order valence-corrected chi connectivity index (χ0v) is 19.6. The van der Waals surface area contributed by atoms with E-state index in [1.54, 1.807) is 60.7 Å². The largest absolute Gasteiger partial charge is 0.492 e. The molecule has 1 amide bonds. The van der Waals surface area contributed by atoms with E-state index in [1.165, 1.54) is 12.1 Å². The summed E-state index contributed by atoms with van der Waals surface area (Å²) in [4.78, 5) is 12.7. The molecule has 168 valence electrons. The van der Waals surface area contributed by atoms with Crippen LogP contribution >= 0.6 is 23.2 Å². The van der Waals surface area contributed by atoms with E-state index in [-0.39, 0.29) is 18.0 Å². The fourth-order valence-corrected chi connectivity index (χ4v) is 4.51. The van der Waals surface area contributed by atoms with Gasteiger partial charge in [-0.1, -0.05) is 40.9 Å². The van der Waals surface area contributed by atoms with Crippen LogP contribution in [-0.2, 0) is 14.8 Å². The van der Waals surface area contributed by atoms with Crippen LogP contribution in [0.3, 0.4) is 0 Å². The van der Waals surface area contributed by atoms with Crippen LogP contribution < -0.4 is 14.4 Å². The topological polar surface area (TPSA) is 75.7 Å². The fourth-order valence-electron chi connectivity index (χ4n) is 2.84. The first-order valence-corrected chi connectivity index (χ1v) is 12.0. The van der Waals surface area contributed by atoms with Gasteiger partial charge in [0.25, 0.3) is 10.0 Å². The van der Waals surface area contributed by atoms with Crippen LogP contribution in [0.5, 0.6) is 5.75 Å². The molecule has 0 spiro atoms. The van der Waals surface area contributed by atoms with Crippen molar-refractivity contribution >= 4 is 44.8 Å². The molecule has 3 aromatic rings. The number of carbonyl (C=O) groups is 1. The number of nitrogens with zero attached hydrogens (tertiary/aromatic N) is 1. The van der Waals surface area contributed by atoms with Crippen molar-refractivity contribution in [3.05, 3.63) is 88.4 Å². The average Bonchev–Trinajstić information content (AvgIpc) is 2.77. The van der Waals surface area contributed by atoms with E-state index in [0.717, 1.165) is 9.87 Å². The molecule has 0 radical (unpaired) electrons. The number of nitrogens with one attached hydrogen (secondary N) is 1. The molecule has 0 heterocycles. The molecule has 0 saturated carbocycles. The first kappa shape index (κ1) is 23.9. The van der Waals surface area contributed by atoms with Crippen LogP contribution in [0.2, 0.25) is 10.0 Å². The number of sulfonamides is 1. The summed E-state index contributed by atoms with van der Waals surface area (Å²) in [5.74, 6) is 0.156. The number of anilines is 1. The molecule has 9 heteroatoms. The molecule has 0 bridgehead atoms. The monoisotopic (exact) mass is 492 g/mol. The van der Waals surface area contributed by atoms with Crippen LogP contribution in [0.4, 0.5) is 5.69 Å². The second-order valence-corrected chi connectivity index (χ2v) is 9.69. The van der Waals surface area contributed by atoms with Gasteiger partial charge in [0.05, 0.1) is 17.1 Å². The number of rotatable bonds is 9. The molecule has 1 N–H and O–H groups in total. The fraction of sp³-hybridized carbons (Fsp3) is 0.174. The summed E-state index contributed by atoms with van der Waals surface area (Å²) >= 11 is 11.8. The van der Waals surface area contributed by atoms with Gasteiger partial charge in [-0.15, -0.1) is 0 Å². The molecule has 6 nitrogen and oxygen atoms in total. The summed E-state index contributed by atoms with van der Waals surface area (Å²) in [6.45, 7) is 1.91. The Bertz CT molecular complexity index is 1150. The first-order valence-electron chi connectivity index (χ1n) is 9.76. The number of ether oxygens (including phenoxy) is 1. The molecule has 3 aromatic carbocycles. The minimum atomic E-state index is -3.97. The van der Waals surface area contributed by atoms with Crippen molar-refractivity contribution in [1.29, 1.82) is 0 Å². The lowest BCUT2D eigenvalue weighted by atomic mass is 10.2. The number of hydrogen-bond acceptors (Lipinski definition) is 4. The molecule has 0 aromatic heterocycles. The zero-order chi connectivity index (χ0) is 23.1. The number of amides is 1. The van der Waals surface area contributed by atoms with Crippen LogP contribution in [0.1, 0.15) is 5.56 Å². The predicted octanol–water partition coefficient (Wildman–Crippen LogP) is 4.69. The second kappa shape index (κ2) is 10.7. The molecule has 0 aliphatic heterocycles. The summed E-state index contributed by atoms with van der Waals surface area (Å²) in [7, 11) is -3.97. The molecule has 32 heavy (non-hydrogen) atoms. The lowest BCUT2D eigenvalue weighted by Crippen LogP contribution is -2.41. The third-order valence-electron chi connectivity index (χ3n) is 4.52. The van der Waals surface area contributed by atoms with Crippen molar-refractivity contribution in [2.75, 3.05) is 24.0 Å². The Morgan fingerprint density at radius 2 is 1.47 bits per heavy atom. The lowest BCUT2D eigenvalue weighted by Gasteiger charge is -2.24. The van der Waals surface area contributed by atoms with Gasteiger partial charge in [0.15, 0.2) is 0 Å². The van der Waals surface area contributed by atoms with Crippen LogP contribution in [0, 0.1) is 6.92 Å². The van der Waals surface area contributed by atoms with E-state index in [0.29, 0.717) is 21.5 Å². The van der Waals surface area contributed by atoms with Crippen molar-refractivity contribution < 1.29 is 17.9 Å². The van der Waals surface area contributed by atoms with Crippen molar-refractivity contribution in [2.45, 2.75) is 11.8 Å². The minimum Gasteiger partial charge on any atom is -0.492 e. The van der Waals surface area contributed by atoms with Gasteiger partial charge in [-0.05, 0) is 67.6 Å². The van der Waals surface area contributed by atoms with Crippen LogP contribution in [0.15, 0.2) is 77.7 Å². The van der Waals surface area contributed by atoms with Crippen molar-refractivity contribution in [3.63, 3.8) is 0 Å². The Morgan fingerprint density at radius 3 is 2.06 bits per heavy atom. The van der Waals surface area contributed by atoms with E-state index in [9.17, 15) is 13.2 Å². The summed E-state index contributed by atoms with van der Waals surface area (Å²) in [6, 6.07) is 19.6. The maximum Gasteiger partial charge on any atom is 0.264 e. The van der Waals surface area contributed by atoms with Crippen molar-refractivity contribution in [2.24, 2.45) is 0 Å². The van der Waals surface area contributed by atoms with E-state index >= 15 is 0 Å². The third-order valence-corrected chi connectivity index (χ3v) is 6.81. The molecule has 0 aliphatic carbocycles. The summed E-state index contributed by atoms with van der Waals surface area (Å²) < 4.78 is 33.2. The van der Waals surface area contributed by atoms with Gasteiger partial charge >= 0.3 is 0 Å². The maximum atomic E-state index is 13.3. The Morgan fingerprint density at radius 1 is 0.906 bits per heavy atom. The zero-order valence-electron chi connectivity index (χ0n) is 17.3. The third kappa shape index (κ3) is 6.38. The molecule has 0 saturated heterocycles. The molecular weight excluding hydrogens is 471 g/mol. The van der Waals surface area contributed by atoms with Crippen LogP contribution in [0.25, 0.3) is 0 Å². The van der Waals surface area contributed by atoms with Crippen molar-refractivity contribution in [1.82, 2.24) is 5.32 Å². The Kier molecular flexibility index (Phi) is 8.01. The predicted molar refractivity (Wildman–Crippen MR) is 127 cm³/mol. The van der Waals surface area contributed by atoms with E-state index in [4.69, 9.17) is 27.9 Å². The maximum absolute atomic E-state index is 13.3. The van der Waals surface area contributed by atoms with E-state index < -0.39 is 22.5 Å². The van der Waals surface area contributed by atoms with Crippen LogP contribution in [-0.4, -0.2) is 34.0 Å². The smallest absolute Gasteiger partial charge is 0.264 e. The number of carbonyl (C=O) groups excluding carboxylic acids is 1. The lowest BCUT2D eigenvalue weighted by molar-refractivity contribution is -0.119. The number of hydrogen-bond donors (Lipinski definition) is 1. The average molecular weight is 493 g/mol. The highest BCUT2D eigenvalue weighted by Gasteiger charge is 2.27. The highest BCUT2D eigenvalue weighted by atomic mass is 35.5. The normalized spacial score (nSPS) is 11.1.